The molecule has 1 heterocycles. The second kappa shape index (κ2) is 6.81. The maximum absolute atomic E-state index is 13.7. The summed E-state index contributed by atoms with van der Waals surface area (Å²) in [7, 11) is 0. The monoisotopic (exact) mass is 296 g/mol. The van der Waals surface area contributed by atoms with E-state index >= 15 is 0 Å². The van der Waals surface area contributed by atoms with Crippen molar-refractivity contribution in [3.63, 3.8) is 0 Å². The molecule has 1 atom stereocenters. The van der Waals surface area contributed by atoms with Crippen molar-refractivity contribution in [3.05, 3.63) is 46.5 Å². The fourth-order valence-corrected chi connectivity index (χ4v) is 2.28. The molecule has 0 saturated carbocycles. The first kappa shape index (κ1) is 14.9. The Labute approximate surface area is 122 Å². The number of aryl methyl sites for hydroxylation is 1. The zero-order valence-corrected chi connectivity index (χ0v) is 12.4. The molecule has 0 aliphatic rings. The molecule has 1 aromatic heterocycles. The molecule has 108 valence electrons. The summed E-state index contributed by atoms with van der Waals surface area (Å²) in [5.74, 6) is -0.415. The summed E-state index contributed by atoms with van der Waals surface area (Å²) in [6.45, 7) is 5.63. The van der Waals surface area contributed by atoms with Crippen LogP contribution >= 0.6 is 11.6 Å². The first-order valence-electron chi connectivity index (χ1n) is 6.74. The van der Waals surface area contributed by atoms with E-state index in [2.05, 4.69) is 22.6 Å². The Morgan fingerprint density at radius 2 is 2.20 bits per heavy atom. The summed E-state index contributed by atoms with van der Waals surface area (Å²) < 4.78 is 15.5. The van der Waals surface area contributed by atoms with Crippen LogP contribution in [-0.2, 0) is 6.54 Å². The van der Waals surface area contributed by atoms with Crippen LogP contribution in [0.1, 0.15) is 37.6 Å². The third-order valence-electron chi connectivity index (χ3n) is 3.06. The van der Waals surface area contributed by atoms with Gasteiger partial charge in [-0.2, -0.15) is 0 Å². The molecule has 1 unspecified atom stereocenters. The summed E-state index contributed by atoms with van der Waals surface area (Å²) in [4.78, 5) is 0. The number of nitrogens with one attached hydrogen (secondary N) is 1. The maximum Gasteiger partial charge on any atom is 0.142 e. The van der Waals surface area contributed by atoms with Gasteiger partial charge in [0.05, 0.1) is 23.0 Å². The van der Waals surface area contributed by atoms with E-state index in [1.54, 1.807) is 12.3 Å². The third kappa shape index (κ3) is 3.16. The Morgan fingerprint density at radius 1 is 1.40 bits per heavy atom. The molecule has 0 aliphatic carbocycles. The smallest absolute Gasteiger partial charge is 0.142 e. The number of hydrogen-bond acceptors (Lipinski definition) is 3. The number of nitrogens with zero attached hydrogens (tertiary/aromatic N) is 3. The van der Waals surface area contributed by atoms with Gasteiger partial charge in [0.2, 0.25) is 0 Å². The van der Waals surface area contributed by atoms with Crippen LogP contribution in [0.4, 0.5) is 4.39 Å². The second-order valence-corrected chi connectivity index (χ2v) is 4.95. The van der Waals surface area contributed by atoms with Gasteiger partial charge in [0.15, 0.2) is 0 Å². The lowest BCUT2D eigenvalue weighted by atomic mass is 10.0. The predicted octanol–water partition coefficient (Wildman–Crippen LogP) is 3.18. The average Bonchev–Trinajstić information content (AvgIpc) is 2.88. The Balaban J connectivity index is 2.39. The van der Waals surface area contributed by atoms with Crippen molar-refractivity contribution in [2.45, 2.75) is 32.9 Å². The van der Waals surface area contributed by atoms with Crippen LogP contribution in [0, 0.1) is 5.82 Å². The average molecular weight is 297 g/mol. The van der Waals surface area contributed by atoms with Crippen LogP contribution in [0.5, 0.6) is 0 Å². The molecule has 0 saturated heterocycles. The number of rotatable bonds is 6. The number of hydrogen-bond donors (Lipinski definition) is 1. The van der Waals surface area contributed by atoms with E-state index in [1.807, 2.05) is 17.7 Å². The quantitative estimate of drug-likeness (QED) is 0.890. The SMILES string of the molecule is CCCn1nncc1C(NCC)c1ccc(Cl)c(F)c1. The molecule has 0 aliphatic heterocycles. The van der Waals surface area contributed by atoms with Gasteiger partial charge < -0.3 is 5.32 Å². The van der Waals surface area contributed by atoms with Crippen molar-refractivity contribution >= 4 is 11.6 Å². The standard InChI is InChI=1S/C14H18ClFN4/c1-3-7-20-13(9-18-19-20)14(17-4-2)10-5-6-11(15)12(16)8-10/h5-6,8-9,14,17H,3-4,7H2,1-2H3. The topological polar surface area (TPSA) is 42.7 Å². The molecule has 0 fully saturated rings. The van der Waals surface area contributed by atoms with Crippen molar-refractivity contribution in [3.8, 4) is 0 Å². The zero-order valence-electron chi connectivity index (χ0n) is 11.6. The fraction of sp³-hybridized carbons (Fsp3) is 0.429. The number of benzene rings is 1. The van der Waals surface area contributed by atoms with Gasteiger partial charge >= 0.3 is 0 Å². The highest BCUT2D eigenvalue weighted by Crippen LogP contribution is 2.25. The highest BCUT2D eigenvalue weighted by Gasteiger charge is 2.19. The van der Waals surface area contributed by atoms with Crippen LogP contribution in [0.25, 0.3) is 0 Å². The summed E-state index contributed by atoms with van der Waals surface area (Å²) in [6.07, 6.45) is 2.68. The lowest BCUT2D eigenvalue weighted by molar-refractivity contribution is 0.510. The normalized spacial score (nSPS) is 12.6. The van der Waals surface area contributed by atoms with Crippen LogP contribution in [0.15, 0.2) is 24.4 Å². The molecule has 2 rings (SSSR count). The van der Waals surface area contributed by atoms with Crippen LogP contribution < -0.4 is 5.32 Å². The van der Waals surface area contributed by atoms with Crippen molar-refractivity contribution in [2.24, 2.45) is 0 Å². The van der Waals surface area contributed by atoms with E-state index in [0.717, 1.165) is 30.8 Å². The minimum Gasteiger partial charge on any atom is -0.305 e. The first-order chi connectivity index (χ1) is 9.67. The van der Waals surface area contributed by atoms with E-state index in [0.29, 0.717) is 0 Å². The number of halogens is 2. The highest BCUT2D eigenvalue weighted by molar-refractivity contribution is 6.30. The van der Waals surface area contributed by atoms with E-state index in [1.165, 1.54) is 6.07 Å². The molecule has 6 heteroatoms. The van der Waals surface area contributed by atoms with Crippen LogP contribution in [-0.4, -0.2) is 21.5 Å². The molecule has 0 bridgehead atoms. The Kier molecular flexibility index (Phi) is 5.09. The molecule has 0 radical (unpaired) electrons. The number of aromatic nitrogens is 3. The molecule has 4 nitrogen and oxygen atoms in total. The van der Waals surface area contributed by atoms with E-state index in [-0.39, 0.29) is 11.1 Å². The molecule has 20 heavy (non-hydrogen) atoms. The fourth-order valence-electron chi connectivity index (χ4n) is 2.16. The second-order valence-electron chi connectivity index (χ2n) is 4.55. The van der Waals surface area contributed by atoms with Crippen LogP contribution in [0.2, 0.25) is 5.02 Å². The van der Waals surface area contributed by atoms with Gasteiger partial charge in [0, 0.05) is 6.54 Å². The molecule has 2 aromatic rings. The highest BCUT2D eigenvalue weighted by atomic mass is 35.5. The largest absolute Gasteiger partial charge is 0.305 e. The Morgan fingerprint density at radius 3 is 2.85 bits per heavy atom. The van der Waals surface area contributed by atoms with E-state index in [4.69, 9.17) is 11.6 Å². The van der Waals surface area contributed by atoms with Gasteiger partial charge in [-0.1, -0.05) is 36.7 Å². The van der Waals surface area contributed by atoms with Gasteiger partial charge in [0.25, 0.3) is 0 Å². The van der Waals surface area contributed by atoms with E-state index < -0.39 is 5.82 Å². The van der Waals surface area contributed by atoms with Crippen LogP contribution in [0.3, 0.4) is 0 Å². The summed E-state index contributed by atoms with van der Waals surface area (Å²) >= 11 is 5.74. The lowest BCUT2D eigenvalue weighted by Crippen LogP contribution is -2.25. The minimum atomic E-state index is -0.415. The summed E-state index contributed by atoms with van der Waals surface area (Å²) in [6, 6.07) is 4.71. The van der Waals surface area contributed by atoms with Gasteiger partial charge in [-0.15, -0.1) is 5.10 Å². The van der Waals surface area contributed by atoms with Crippen molar-refractivity contribution in [1.29, 1.82) is 0 Å². The maximum atomic E-state index is 13.7. The van der Waals surface area contributed by atoms with E-state index in [9.17, 15) is 4.39 Å². The molecule has 1 aromatic carbocycles. The van der Waals surface area contributed by atoms with Crippen molar-refractivity contribution in [1.82, 2.24) is 20.3 Å². The molecule has 1 N–H and O–H groups in total. The summed E-state index contributed by atoms with van der Waals surface area (Å²) in [5, 5.41) is 11.5. The minimum absolute atomic E-state index is 0.129. The molecular formula is C14H18ClFN4. The first-order valence-corrected chi connectivity index (χ1v) is 7.11. The molecule has 0 spiro atoms. The Bertz CT molecular complexity index is 570. The predicted molar refractivity (Wildman–Crippen MR) is 77.2 cm³/mol. The van der Waals surface area contributed by atoms with Gasteiger partial charge in [-0.25, -0.2) is 9.07 Å². The summed E-state index contributed by atoms with van der Waals surface area (Å²) in [5.41, 5.74) is 1.74. The zero-order chi connectivity index (χ0) is 14.5. The Hall–Kier alpha value is -1.46. The molecular weight excluding hydrogens is 279 g/mol. The van der Waals surface area contributed by atoms with Gasteiger partial charge in [-0.3, -0.25) is 0 Å². The molecule has 0 amide bonds. The third-order valence-corrected chi connectivity index (χ3v) is 3.37. The van der Waals surface area contributed by atoms with Crippen molar-refractivity contribution in [2.75, 3.05) is 6.54 Å². The van der Waals surface area contributed by atoms with Gasteiger partial charge in [0.1, 0.15) is 5.82 Å². The lowest BCUT2D eigenvalue weighted by Gasteiger charge is -2.19. The van der Waals surface area contributed by atoms with Gasteiger partial charge in [-0.05, 0) is 30.7 Å². The van der Waals surface area contributed by atoms with Crippen molar-refractivity contribution < 1.29 is 4.39 Å².